The summed E-state index contributed by atoms with van der Waals surface area (Å²) in [7, 11) is 0. The highest BCUT2D eigenvalue weighted by Gasteiger charge is 2.03. The molecule has 0 aliphatic rings. The van der Waals surface area contributed by atoms with Crippen molar-refractivity contribution in [1.29, 1.82) is 0 Å². The van der Waals surface area contributed by atoms with Crippen LogP contribution in [0.15, 0.2) is 24.3 Å². The smallest absolute Gasteiger partial charge is 0.120 e. The second kappa shape index (κ2) is 8.88. The fraction of sp³-hybridized carbons (Fsp3) is 0.533. The standard InChI is InChI=1S/C15H24N2OS/c1-3-8-17(9-4-2)10-11-18-14-7-5-6-13(12-14)15(16)19/h5-7,12H,3-4,8-11H2,1-2H3,(H2,16,19). The van der Waals surface area contributed by atoms with Crippen molar-refractivity contribution in [2.75, 3.05) is 26.2 Å². The van der Waals surface area contributed by atoms with E-state index in [-0.39, 0.29) is 0 Å². The van der Waals surface area contributed by atoms with Gasteiger partial charge in [-0.3, -0.25) is 4.90 Å². The van der Waals surface area contributed by atoms with Gasteiger partial charge in [0.2, 0.25) is 0 Å². The molecule has 0 bridgehead atoms. The maximum Gasteiger partial charge on any atom is 0.120 e. The summed E-state index contributed by atoms with van der Waals surface area (Å²) in [5.41, 5.74) is 6.46. The Kier molecular flexibility index (Phi) is 7.45. The molecular formula is C15H24N2OS. The summed E-state index contributed by atoms with van der Waals surface area (Å²) in [6, 6.07) is 7.65. The molecule has 0 radical (unpaired) electrons. The predicted molar refractivity (Wildman–Crippen MR) is 84.8 cm³/mol. The van der Waals surface area contributed by atoms with Crippen LogP contribution < -0.4 is 10.5 Å². The third kappa shape index (κ3) is 6.03. The summed E-state index contributed by atoms with van der Waals surface area (Å²) >= 11 is 4.96. The molecule has 1 rings (SSSR count). The Hall–Kier alpha value is -1.13. The van der Waals surface area contributed by atoms with E-state index < -0.39 is 0 Å². The molecule has 0 unspecified atom stereocenters. The number of nitrogens with zero attached hydrogens (tertiary/aromatic N) is 1. The number of nitrogens with two attached hydrogens (primary N) is 1. The van der Waals surface area contributed by atoms with Crippen molar-refractivity contribution in [2.45, 2.75) is 26.7 Å². The SMILES string of the molecule is CCCN(CCC)CCOc1cccc(C(N)=S)c1. The molecule has 0 atom stereocenters. The van der Waals surface area contributed by atoms with Crippen molar-refractivity contribution in [3.63, 3.8) is 0 Å². The highest BCUT2D eigenvalue weighted by atomic mass is 32.1. The van der Waals surface area contributed by atoms with Gasteiger partial charge in [0.15, 0.2) is 0 Å². The zero-order chi connectivity index (χ0) is 14.1. The zero-order valence-corrected chi connectivity index (χ0v) is 12.7. The van der Waals surface area contributed by atoms with E-state index in [0.29, 0.717) is 11.6 Å². The van der Waals surface area contributed by atoms with E-state index in [1.165, 1.54) is 12.8 Å². The minimum absolute atomic E-state index is 0.407. The van der Waals surface area contributed by atoms with Crippen molar-refractivity contribution in [3.8, 4) is 5.75 Å². The molecule has 0 spiro atoms. The molecule has 0 aliphatic heterocycles. The van der Waals surface area contributed by atoms with Crippen LogP contribution in [0.25, 0.3) is 0 Å². The predicted octanol–water partition coefficient (Wildman–Crippen LogP) is 2.82. The first-order valence-electron chi connectivity index (χ1n) is 6.92. The van der Waals surface area contributed by atoms with Gasteiger partial charge in [0.1, 0.15) is 17.3 Å². The first-order valence-corrected chi connectivity index (χ1v) is 7.33. The molecule has 4 heteroatoms. The molecule has 0 heterocycles. The van der Waals surface area contributed by atoms with Crippen LogP contribution in [0.1, 0.15) is 32.3 Å². The van der Waals surface area contributed by atoms with E-state index in [1.807, 2.05) is 24.3 Å². The van der Waals surface area contributed by atoms with Gasteiger partial charge in [-0.15, -0.1) is 0 Å². The Bertz CT molecular complexity index is 389. The Morgan fingerprint density at radius 2 is 1.89 bits per heavy atom. The van der Waals surface area contributed by atoms with Crippen LogP contribution in [-0.4, -0.2) is 36.1 Å². The summed E-state index contributed by atoms with van der Waals surface area (Å²) in [5.74, 6) is 0.832. The van der Waals surface area contributed by atoms with Gasteiger partial charge in [0.05, 0.1) is 0 Å². The molecule has 0 aliphatic carbocycles. The minimum atomic E-state index is 0.407. The Morgan fingerprint density at radius 1 is 1.21 bits per heavy atom. The molecule has 0 aromatic heterocycles. The second-order valence-electron chi connectivity index (χ2n) is 4.58. The van der Waals surface area contributed by atoms with Gasteiger partial charge in [-0.2, -0.15) is 0 Å². The molecule has 3 nitrogen and oxygen atoms in total. The molecular weight excluding hydrogens is 256 g/mol. The van der Waals surface area contributed by atoms with Gasteiger partial charge in [-0.05, 0) is 38.1 Å². The zero-order valence-electron chi connectivity index (χ0n) is 11.9. The lowest BCUT2D eigenvalue weighted by Crippen LogP contribution is -2.30. The van der Waals surface area contributed by atoms with E-state index in [2.05, 4.69) is 18.7 Å². The monoisotopic (exact) mass is 280 g/mol. The van der Waals surface area contributed by atoms with Gasteiger partial charge in [-0.25, -0.2) is 0 Å². The molecule has 0 saturated heterocycles. The van der Waals surface area contributed by atoms with Crippen LogP contribution in [0.5, 0.6) is 5.75 Å². The van der Waals surface area contributed by atoms with E-state index in [0.717, 1.165) is 30.9 Å². The Balaban J connectivity index is 2.43. The largest absolute Gasteiger partial charge is 0.492 e. The van der Waals surface area contributed by atoms with Crippen molar-refractivity contribution in [3.05, 3.63) is 29.8 Å². The average molecular weight is 280 g/mol. The van der Waals surface area contributed by atoms with E-state index in [4.69, 9.17) is 22.7 Å². The van der Waals surface area contributed by atoms with Crippen LogP contribution in [-0.2, 0) is 0 Å². The van der Waals surface area contributed by atoms with Gasteiger partial charge >= 0.3 is 0 Å². The normalized spacial score (nSPS) is 10.7. The number of rotatable bonds is 9. The minimum Gasteiger partial charge on any atom is -0.492 e. The molecule has 0 amide bonds. The lowest BCUT2D eigenvalue weighted by atomic mass is 10.2. The average Bonchev–Trinajstić information content (AvgIpc) is 2.39. The van der Waals surface area contributed by atoms with E-state index in [9.17, 15) is 0 Å². The van der Waals surface area contributed by atoms with Gasteiger partial charge in [0.25, 0.3) is 0 Å². The van der Waals surface area contributed by atoms with Crippen molar-refractivity contribution in [1.82, 2.24) is 4.90 Å². The maximum absolute atomic E-state index is 5.76. The van der Waals surface area contributed by atoms with Gasteiger partial charge in [-0.1, -0.05) is 38.2 Å². The highest BCUT2D eigenvalue weighted by Crippen LogP contribution is 2.13. The molecule has 106 valence electrons. The van der Waals surface area contributed by atoms with Crippen molar-refractivity contribution in [2.24, 2.45) is 5.73 Å². The van der Waals surface area contributed by atoms with Crippen LogP contribution in [0.4, 0.5) is 0 Å². The fourth-order valence-corrected chi connectivity index (χ4v) is 2.13. The third-order valence-corrected chi connectivity index (χ3v) is 3.11. The summed E-state index contributed by atoms with van der Waals surface area (Å²) < 4.78 is 5.76. The number of hydrogen-bond acceptors (Lipinski definition) is 3. The summed E-state index contributed by atoms with van der Waals surface area (Å²) in [5, 5.41) is 0. The van der Waals surface area contributed by atoms with Crippen LogP contribution in [0, 0.1) is 0 Å². The Labute approximate surface area is 121 Å². The second-order valence-corrected chi connectivity index (χ2v) is 5.02. The number of hydrogen-bond donors (Lipinski definition) is 1. The first kappa shape index (κ1) is 15.9. The number of benzene rings is 1. The van der Waals surface area contributed by atoms with Crippen molar-refractivity contribution >= 4 is 17.2 Å². The number of ether oxygens (including phenoxy) is 1. The van der Waals surface area contributed by atoms with Crippen LogP contribution in [0.3, 0.4) is 0 Å². The molecule has 1 aromatic rings. The van der Waals surface area contributed by atoms with E-state index in [1.54, 1.807) is 0 Å². The van der Waals surface area contributed by atoms with E-state index >= 15 is 0 Å². The summed E-state index contributed by atoms with van der Waals surface area (Å²) in [6.07, 6.45) is 2.36. The van der Waals surface area contributed by atoms with Gasteiger partial charge < -0.3 is 10.5 Å². The quantitative estimate of drug-likeness (QED) is 0.706. The fourth-order valence-electron chi connectivity index (χ4n) is 2.00. The molecule has 19 heavy (non-hydrogen) atoms. The van der Waals surface area contributed by atoms with Crippen molar-refractivity contribution < 1.29 is 4.74 Å². The lowest BCUT2D eigenvalue weighted by molar-refractivity contribution is 0.209. The lowest BCUT2D eigenvalue weighted by Gasteiger charge is -2.20. The molecule has 0 fully saturated rings. The van der Waals surface area contributed by atoms with Crippen LogP contribution >= 0.6 is 12.2 Å². The summed E-state index contributed by atoms with van der Waals surface area (Å²) in [6.45, 7) is 8.32. The van der Waals surface area contributed by atoms with Gasteiger partial charge in [0, 0.05) is 12.1 Å². The third-order valence-electron chi connectivity index (χ3n) is 2.87. The van der Waals surface area contributed by atoms with Crippen LogP contribution in [0.2, 0.25) is 0 Å². The molecule has 0 saturated carbocycles. The highest BCUT2D eigenvalue weighted by molar-refractivity contribution is 7.80. The number of thiocarbonyl (C=S) groups is 1. The maximum atomic E-state index is 5.76. The molecule has 2 N–H and O–H groups in total. The topological polar surface area (TPSA) is 38.5 Å². The first-order chi connectivity index (χ1) is 9.17. The molecule has 1 aromatic carbocycles. The summed E-state index contributed by atoms with van der Waals surface area (Å²) in [4.78, 5) is 2.83. The Morgan fingerprint density at radius 3 is 2.47 bits per heavy atom.